The predicted octanol–water partition coefficient (Wildman–Crippen LogP) is 22.2. The van der Waals surface area contributed by atoms with Gasteiger partial charge in [-0.25, -0.2) is 6.08 Å². The van der Waals surface area contributed by atoms with Crippen molar-refractivity contribution in [2.45, 2.75) is 273 Å². The first-order valence-electron chi connectivity index (χ1n) is 33.3. The van der Waals surface area contributed by atoms with Gasteiger partial charge in [0.15, 0.2) is 0 Å². The third kappa shape index (κ3) is 96.0. The van der Waals surface area contributed by atoms with Gasteiger partial charge in [-0.05, 0) is 259 Å². The number of hydrogen-bond acceptors (Lipinski definition) is 7. The quantitative estimate of drug-likeness (QED) is 0.0253. The van der Waals surface area contributed by atoms with Gasteiger partial charge in [-0.15, -0.1) is 0 Å². The average Bonchev–Trinajstić information content (AvgIpc) is 4.49. The summed E-state index contributed by atoms with van der Waals surface area (Å²) in [4.78, 5) is 9.44. The fourth-order valence-corrected chi connectivity index (χ4v) is 8.18. The number of carbonyl (C=O) groups excluding carboxylic acids is 1. The summed E-state index contributed by atoms with van der Waals surface area (Å²) in [5, 5.41) is 17.3. The van der Waals surface area contributed by atoms with Gasteiger partial charge in [0.1, 0.15) is 5.78 Å². The van der Waals surface area contributed by atoms with Crippen LogP contribution in [-0.4, -0.2) is 64.5 Å². The molecule has 90 heavy (non-hydrogen) atoms. The molecule has 0 aromatic heterocycles. The Morgan fingerprint density at radius 3 is 0.944 bits per heavy atom. The third-order valence-corrected chi connectivity index (χ3v) is 13.7. The van der Waals surface area contributed by atoms with E-state index < -0.39 is 0 Å². The molecule has 0 atom stereocenters. The second-order valence-corrected chi connectivity index (χ2v) is 26.4. The molecule has 0 aromatic rings. The maximum atomic E-state index is 9.44. The van der Waals surface area contributed by atoms with Crippen molar-refractivity contribution in [1.29, 1.82) is 0 Å². The molecule has 0 spiro atoms. The number of alkyl halides is 2. The number of aliphatic hydroxyl groups excluding tert-OH is 2. The zero-order valence-electron chi connectivity index (χ0n) is 61.6. The van der Waals surface area contributed by atoms with Gasteiger partial charge in [-0.1, -0.05) is 173 Å². The van der Waals surface area contributed by atoms with Gasteiger partial charge in [-0.2, -0.15) is 0 Å². The Hall–Kier alpha value is -3.05. The number of ketones is 1. The van der Waals surface area contributed by atoms with Crippen LogP contribution < -0.4 is 18.9 Å². The molecule has 0 amide bonds. The van der Waals surface area contributed by atoms with Gasteiger partial charge < -0.3 is 40.2 Å². The Labute approximate surface area is 596 Å². The molecule has 4 heterocycles. The Morgan fingerprint density at radius 1 is 0.411 bits per heavy atom. The van der Waals surface area contributed by atoms with Crippen LogP contribution in [-0.2, 0) is 23.7 Å². The standard InChI is InChI=1S/C16H28O.C15H24O.C11H19I.C11H20O.C10H16O.C6H11I.C4H6O.C4H5O.C3H6O.Li/c1-14(2)8-5-9-15(3)10-6-11-16(4)12-7-13-17;1-13(2)7-4-8-14(3)9-5-10-15-11-6-12-16-15;2*1-10(2)6-4-7-11(3)8-5-9-12;1-9(2)5-3-6-10-7-4-8-11-10;1-6(2)4-3-5-7;2*1-2-4-5-3-1;1-3(2)4;/h8,10,12,17H,5-7,9,11,13H2,1-4H3;7,9,11H,4-6,8,10,12H2,1-3H3;6,8H,4-5,7,9H2,1-3H3;6,8,12H,4-5,7,9H2,1-3H3;5,7H,3-4,6,8H2,1-2H3;4H,3,5H2,1-2H3;1,3H,2,4H2;1H,2,4H2;1-2H3;/q;;;;;;;-1;;+1/b15-10+,16-12+;14-9+;2*11-8+;;;;;;. The van der Waals surface area contributed by atoms with E-state index in [2.05, 4.69) is 253 Å². The first-order chi connectivity index (χ1) is 42.4. The normalized spacial score (nSPS) is 13.3. The van der Waals surface area contributed by atoms with Crippen molar-refractivity contribution in [3.8, 4) is 0 Å². The fourth-order valence-electron chi connectivity index (χ4n) is 7.56. The molecule has 0 fully saturated rings. The van der Waals surface area contributed by atoms with E-state index in [1.54, 1.807) is 6.26 Å². The zero-order chi connectivity index (χ0) is 68.1. The van der Waals surface area contributed by atoms with Crippen LogP contribution >= 0.6 is 45.2 Å². The predicted molar refractivity (Wildman–Crippen MR) is 412 cm³/mol. The molecular weight excluding hydrogens is 1330 g/mol. The van der Waals surface area contributed by atoms with Crippen LogP contribution in [0, 0.1) is 6.26 Å². The van der Waals surface area contributed by atoms with Crippen molar-refractivity contribution >= 4 is 51.0 Å². The minimum atomic E-state index is 0. The van der Waals surface area contributed by atoms with Crippen LogP contribution in [0.1, 0.15) is 273 Å². The monoisotopic (exact) mass is 1470 g/mol. The van der Waals surface area contributed by atoms with E-state index in [9.17, 15) is 4.79 Å². The van der Waals surface area contributed by atoms with Gasteiger partial charge in [0.25, 0.3) is 0 Å². The summed E-state index contributed by atoms with van der Waals surface area (Å²) in [7, 11) is 0. The molecule has 4 aliphatic rings. The first-order valence-corrected chi connectivity index (χ1v) is 36.4. The van der Waals surface area contributed by atoms with E-state index in [0.717, 1.165) is 123 Å². The average molecular weight is 1470 g/mol. The molecule has 0 bridgehead atoms. The number of hydrogen-bond donors (Lipinski definition) is 2. The Kier molecular flexibility index (Phi) is 83.5. The van der Waals surface area contributed by atoms with E-state index in [1.807, 2.05) is 12.2 Å². The van der Waals surface area contributed by atoms with Gasteiger partial charge in [0.05, 0.1) is 37.6 Å². The van der Waals surface area contributed by atoms with Crippen molar-refractivity contribution in [2.24, 2.45) is 0 Å². The molecule has 512 valence electrons. The summed E-state index contributed by atoms with van der Waals surface area (Å²) in [5.41, 5.74) is 15.7. The third-order valence-electron chi connectivity index (χ3n) is 12.4. The summed E-state index contributed by atoms with van der Waals surface area (Å²) in [6.07, 6.45) is 61.9. The summed E-state index contributed by atoms with van der Waals surface area (Å²) in [5.74, 6) is 2.54. The van der Waals surface area contributed by atoms with Crippen molar-refractivity contribution in [1.82, 2.24) is 0 Å². The molecule has 7 nitrogen and oxygen atoms in total. The van der Waals surface area contributed by atoms with Crippen molar-refractivity contribution < 1.29 is 52.8 Å². The van der Waals surface area contributed by atoms with Gasteiger partial charge in [0, 0.05) is 60.8 Å². The van der Waals surface area contributed by atoms with Crippen LogP contribution in [0.3, 0.4) is 0 Å². The number of carbonyl (C=O) groups is 1. The summed E-state index contributed by atoms with van der Waals surface area (Å²) in [6, 6.07) is 0. The number of ether oxygens (including phenoxy) is 4. The Balaban J connectivity index is -0.000000227. The topological polar surface area (TPSA) is 94.5 Å². The van der Waals surface area contributed by atoms with E-state index in [1.165, 1.54) is 140 Å². The SMILES string of the molecule is C1=COCC1.CC(C)=CCC/C(C)=C/CC/C(C)=C/CCO.CC(C)=CCC/C(C)=C/CCC1=CCCO1.CC(C)=CCC/C(C)=C/CCI.CC(C)=CCC/C(C)=C/CCO.CC(C)=CCCC1=CCCO1.CC(C)=CCCI.CC(C)=O.[C-]1=CCCO1.[Li+]. The molecule has 0 unspecified atom stereocenters. The van der Waals surface area contributed by atoms with E-state index in [4.69, 9.17) is 24.4 Å². The Bertz CT molecular complexity index is 2110. The zero-order valence-corrected chi connectivity index (χ0v) is 66.0. The van der Waals surface area contributed by atoms with Gasteiger partial charge >= 0.3 is 18.9 Å². The maximum absolute atomic E-state index is 9.44. The minimum absolute atomic E-state index is 0. The van der Waals surface area contributed by atoms with Crippen molar-refractivity contribution in [3.05, 3.63) is 176 Å². The molecule has 4 rings (SSSR count). The molecule has 0 saturated heterocycles. The molecule has 0 aromatic carbocycles. The minimum Gasteiger partial charge on any atom is -0.693 e. The Morgan fingerprint density at radius 2 is 0.711 bits per heavy atom. The first kappa shape index (κ1) is 98.0. The molecule has 0 saturated carbocycles. The molecular formula is C80H135I2LiO7. The smallest absolute Gasteiger partial charge is 0.693 e. The van der Waals surface area contributed by atoms with Crippen LogP contribution in [0.5, 0.6) is 0 Å². The fraction of sp³-hybridized carbons (Fsp3) is 0.613. The molecule has 10 heteroatoms. The van der Waals surface area contributed by atoms with Crippen LogP contribution in [0.25, 0.3) is 0 Å². The van der Waals surface area contributed by atoms with Crippen LogP contribution in [0.4, 0.5) is 0 Å². The summed E-state index contributed by atoms with van der Waals surface area (Å²) >= 11 is 4.79. The van der Waals surface area contributed by atoms with E-state index in [-0.39, 0.29) is 37.9 Å². The van der Waals surface area contributed by atoms with Gasteiger partial charge in [0.2, 0.25) is 0 Å². The number of halogens is 2. The second kappa shape index (κ2) is 76.7. The van der Waals surface area contributed by atoms with E-state index in [0.29, 0.717) is 0 Å². The number of aliphatic hydroxyl groups is 2. The summed E-state index contributed by atoms with van der Waals surface area (Å²) < 4.78 is 22.7. The molecule has 0 aliphatic carbocycles. The number of rotatable bonds is 29. The van der Waals surface area contributed by atoms with Crippen LogP contribution in [0.2, 0.25) is 0 Å². The van der Waals surface area contributed by atoms with E-state index >= 15 is 0 Å². The molecule has 4 aliphatic heterocycles. The van der Waals surface area contributed by atoms with Crippen LogP contribution in [0.15, 0.2) is 170 Å². The maximum Gasteiger partial charge on any atom is 1.00 e. The molecule has 0 radical (unpaired) electrons. The largest absolute Gasteiger partial charge is 1.00 e. The number of allylic oxidation sites excluding steroid dienone is 22. The molecule has 2 N–H and O–H groups in total. The van der Waals surface area contributed by atoms with Gasteiger partial charge in [-0.3, -0.25) is 0 Å². The second-order valence-electron chi connectivity index (χ2n) is 24.2. The summed E-state index contributed by atoms with van der Waals surface area (Å²) in [6.45, 7) is 43.7. The van der Waals surface area contributed by atoms with Crippen molar-refractivity contribution in [3.63, 3.8) is 0 Å². The number of Topliss-reactive ketones (excluding diaryl/α,β-unsaturated/α-hetero) is 1. The van der Waals surface area contributed by atoms with Crippen molar-refractivity contribution in [2.75, 3.05) is 48.5 Å².